The topological polar surface area (TPSA) is 87.2 Å². The van der Waals surface area contributed by atoms with Crippen LogP contribution in [0, 0.1) is 11.3 Å². The number of alkyl halides is 3. The van der Waals surface area contributed by atoms with Gasteiger partial charge in [-0.15, -0.1) is 0 Å². The molecule has 3 rings (SSSR count). The number of hydrogen-bond acceptors (Lipinski definition) is 5. The molecule has 0 amide bonds. The second-order valence-electron chi connectivity index (χ2n) is 9.07. The SMILES string of the molecule is CC(C)N1CC2(CCN(S(C)(=O)=O)CC2)CC1COCC1CC1.O=C(O)C(F)(F)F. The first kappa shape index (κ1) is 25.4. The van der Waals surface area contributed by atoms with Crippen molar-refractivity contribution in [3.63, 3.8) is 0 Å². The van der Waals surface area contributed by atoms with Crippen LogP contribution in [-0.2, 0) is 19.6 Å². The van der Waals surface area contributed by atoms with Crippen LogP contribution in [0.5, 0.6) is 0 Å². The van der Waals surface area contributed by atoms with Gasteiger partial charge in [-0.3, -0.25) is 4.90 Å². The molecule has 1 aliphatic carbocycles. The van der Waals surface area contributed by atoms with Crippen molar-refractivity contribution < 1.29 is 36.2 Å². The molecule has 2 saturated heterocycles. The monoisotopic (exact) mass is 458 g/mol. The van der Waals surface area contributed by atoms with Gasteiger partial charge in [-0.05, 0) is 57.3 Å². The molecule has 0 aromatic heterocycles. The summed E-state index contributed by atoms with van der Waals surface area (Å²) in [5.74, 6) is -1.94. The Morgan fingerprint density at radius 3 is 2.13 bits per heavy atom. The zero-order chi connectivity index (χ0) is 22.7. The fraction of sp³-hybridized carbons (Fsp3) is 0.947. The van der Waals surface area contributed by atoms with Crippen LogP contribution in [0.15, 0.2) is 0 Å². The number of nitrogens with zero attached hydrogens (tertiary/aromatic N) is 2. The molecule has 1 atom stereocenters. The first-order chi connectivity index (χ1) is 13.7. The van der Waals surface area contributed by atoms with Gasteiger partial charge in [0.15, 0.2) is 0 Å². The molecule has 3 fully saturated rings. The highest BCUT2D eigenvalue weighted by Crippen LogP contribution is 2.44. The molecule has 7 nitrogen and oxygen atoms in total. The van der Waals surface area contributed by atoms with Crippen LogP contribution >= 0.6 is 0 Å². The summed E-state index contributed by atoms with van der Waals surface area (Å²) in [7, 11) is -3.04. The van der Waals surface area contributed by atoms with E-state index in [9.17, 15) is 21.6 Å². The minimum Gasteiger partial charge on any atom is -0.475 e. The van der Waals surface area contributed by atoms with E-state index in [1.807, 2.05) is 0 Å². The number of likely N-dealkylation sites (tertiary alicyclic amines) is 1. The quantitative estimate of drug-likeness (QED) is 0.658. The van der Waals surface area contributed by atoms with E-state index in [-0.39, 0.29) is 0 Å². The normalized spacial score (nSPS) is 25.4. The molecule has 0 aromatic rings. The Hall–Kier alpha value is -0.910. The molecule has 1 saturated carbocycles. The van der Waals surface area contributed by atoms with Crippen molar-refractivity contribution >= 4 is 16.0 Å². The summed E-state index contributed by atoms with van der Waals surface area (Å²) in [5, 5.41) is 7.12. The van der Waals surface area contributed by atoms with Crippen molar-refractivity contribution in [1.82, 2.24) is 9.21 Å². The van der Waals surface area contributed by atoms with Gasteiger partial charge in [-0.25, -0.2) is 17.5 Å². The highest BCUT2D eigenvalue weighted by atomic mass is 32.2. The Morgan fingerprint density at radius 1 is 1.20 bits per heavy atom. The van der Waals surface area contributed by atoms with E-state index < -0.39 is 22.2 Å². The minimum absolute atomic E-state index is 0.291. The Kier molecular flexibility index (Phi) is 8.20. The lowest BCUT2D eigenvalue weighted by Gasteiger charge is -2.38. The lowest BCUT2D eigenvalue weighted by atomic mass is 9.77. The molecular formula is C19H33F3N2O5S. The van der Waals surface area contributed by atoms with E-state index in [0.29, 0.717) is 30.6 Å². The molecule has 0 radical (unpaired) electrons. The Balaban J connectivity index is 0.000000396. The number of halogens is 3. The molecule has 3 aliphatic rings. The van der Waals surface area contributed by atoms with Gasteiger partial charge in [0.2, 0.25) is 10.0 Å². The van der Waals surface area contributed by atoms with Gasteiger partial charge in [0.1, 0.15) is 0 Å². The summed E-state index contributed by atoms with van der Waals surface area (Å²) >= 11 is 0. The fourth-order valence-corrected chi connectivity index (χ4v) is 5.11. The summed E-state index contributed by atoms with van der Waals surface area (Å²) in [6.45, 7) is 8.75. The third-order valence-electron chi connectivity index (χ3n) is 6.17. The molecular weight excluding hydrogens is 425 g/mol. The minimum atomic E-state index is -5.08. The first-order valence-corrected chi connectivity index (χ1v) is 12.2. The second kappa shape index (κ2) is 9.70. The third kappa shape index (κ3) is 7.35. The maximum atomic E-state index is 11.7. The van der Waals surface area contributed by atoms with Crippen LogP contribution in [-0.4, -0.2) is 86.1 Å². The average molecular weight is 459 g/mol. The van der Waals surface area contributed by atoms with Gasteiger partial charge in [0.05, 0.1) is 12.9 Å². The number of carboxylic acids is 1. The van der Waals surface area contributed by atoms with Crippen LogP contribution in [0.25, 0.3) is 0 Å². The van der Waals surface area contributed by atoms with E-state index in [1.54, 1.807) is 4.31 Å². The van der Waals surface area contributed by atoms with Crippen molar-refractivity contribution in [2.24, 2.45) is 11.3 Å². The van der Waals surface area contributed by atoms with Gasteiger partial charge < -0.3 is 9.84 Å². The summed E-state index contributed by atoms with van der Waals surface area (Å²) in [4.78, 5) is 11.5. The Bertz CT molecular complexity index is 687. The van der Waals surface area contributed by atoms with E-state index >= 15 is 0 Å². The lowest BCUT2D eigenvalue weighted by molar-refractivity contribution is -0.192. The molecule has 176 valence electrons. The lowest BCUT2D eigenvalue weighted by Crippen LogP contribution is -2.44. The zero-order valence-corrected chi connectivity index (χ0v) is 18.6. The predicted octanol–water partition coefficient (Wildman–Crippen LogP) is 2.57. The van der Waals surface area contributed by atoms with Gasteiger partial charge >= 0.3 is 12.1 Å². The number of rotatable bonds is 6. The third-order valence-corrected chi connectivity index (χ3v) is 7.48. The van der Waals surface area contributed by atoms with Crippen LogP contribution in [0.4, 0.5) is 13.2 Å². The predicted molar refractivity (Wildman–Crippen MR) is 106 cm³/mol. The zero-order valence-electron chi connectivity index (χ0n) is 17.8. The van der Waals surface area contributed by atoms with Crippen molar-refractivity contribution in [2.45, 2.75) is 64.2 Å². The Labute approximate surface area is 176 Å². The molecule has 11 heteroatoms. The molecule has 2 heterocycles. The van der Waals surface area contributed by atoms with Crippen LogP contribution in [0.3, 0.4) is 0 Å². The van der Waals surface area contributed by atoms with Crippen LogP contribution < -0.4 is 0 Å². The van der Waals surface area contributed by atoms with E-state index in [1.165, 1.54) is 19.1 Å². The van der Waals surface area contributed by atoms with E-state index in [2.05, 4.69) is 18.7 Å². The van der Waals surface area contributed by atoms with E-state index in [4.69, 9.17) is 14.6 Å². The molecule has 1 N–H and O–H groups in total. The average Bonchev–Trinajstić information content (AvgIpc) is 3.36. The van der Waals surface area contributed by atoms with Gasteiger partial charge in [-0.1, -0.05) is 0 Å². The molecule has 0 aromatic carbocycles. The largest absolute Gasteiger partial charge is 0.490 e. The summed E-state index contributed by atoms with van der Waals surface area (Å²) in [6, 6.07) is 1.02. The molecule has 0 bridgehead atoms. The smallest absolute Gasteiger partial charge is 0.475 e. The number of carboxylic acid groups (broad SMARTS) is 1. The van der Waals surface area contributed by atoms with Gasteiger partial charge in [0.25, 0.3) is 0 Å². The van der Waals surface area contributed by atoms with Gasteiger partial charge in [-0.2, -0.15) is 13.2 Å². The maximum Gasteiger partial charge on any atom is 0.490 e. The highest BCUT2D eigenvalue weighted by molar-refractivity contribution is 7.88. The van der Waals surface area contributed by atoms with E-state index in [0.717, 1.165) is 44.9 Å². The number of aliphatic carboxylic acids is 1. The molecule has 1 spiro atoms. The summed E-state index contributed by atoms with van der Waals surface area (Å²) in [5.41, 5.74) is 0.291. The molecule has 2 aliphatic heterocycles. The Morgan fingerprint density at radius 2 is 1.73 bits per heavy atom. The fourth-order valence-electron chi connectivity index (χ4n) is 4.27. The summed E-state index contributed by atoms with van der Waals surface area (Å²) < 4.78 is 62.8. The maximum absolute atomic E-state index is 11.7. The summed E-state index contributed by atoms with van der Waals surface area (Å²) in [6.07, 6.45) is 2.06. The number of carbonyl (C=O) groups is 1. The highest BCUT2D eigenvalue weighted by Gasteiger charge is 2.47. The van der Waals surface area contributed by atoms with Crippen LogP contribution in [0.1, 0.15) is 46.0 Å². The number of hydrogen-bond donors (Lipinski definition) is 1. The van der Waals surface area contributed by atoms with Gasteiger partial charge in [0, 0.05) is 38.3 Å². The van der Waals surface area contributed by atoms with Crippen LogP contribution in [0.2, 0.25) is 0 Å². The second-order valence-corrected chi connectivity index (χ2v) is 11.1. The van der Waals surface area contributed by atoms with Crippen molar-refractivity contribution in [1.29, 1.82) is 0 Å². The van der Waals surface area contributed by atoms with Crippen molar-refractivity contribution in [3.8, 4) is 0 Å². The number of ether oxygens (including phenoxy) is 1. The molecule has 1 unspecified atom stereocenters. The molecule has 30 heavy (non-hydrogen) atoms. The number of sulfonamides is 1. The number of piperidine rings is 1. The van der Waals surface area contributed by atoms with Crippen molar-refractivity contribution in [3.05, 3.63) is 0 Å². The van der Waals surface area contributed by atoms with Crippen molar-refractivity contribution in [2.75, 3.05) is 39.1 Å². The first-order valence-electron chi connectivity index (χ1n) is 10.3. The standard InChI is InChI=1S/C17H32N2O3S.C2HF3O2/c1-14(2)19-13-17(6-8-18(9-7-17)23(3,20)21)10-16(19)12-22-11-15-4-5-15;3-2(4,5)1(6)7/h14-16H,4-13H2,1-3H3;(H,6,7).